The summed E-state index contributed by atoms with van der Waals surface area (Å²) in [5, 5.41) is 0. The lowest BCUT2D eigenvalue weighted by Crippen LogP contribution is -2.36. The lowest BCUT2D eigenvalue weighted by atomic mass is 9.77. The third-order valence-electron chi connectivity index (χ3n) is 3.01. The summed E-state index contributed by atoms with van der Waals surface area (Å²) in [5.41, 5.74) is 6.29. The highest BCUT2D eigenvalue weighted by atomic mass is 14.7. The first kappa shape index (κ1) is 11.0. The average molecular weight is 157 g/mol. The van der Waals surface area contributed by atoms with Crippen molar-refractivity contribution in [1.82, 2.24) is 0 Å². The van der Waals surface area contributed by atoms with Crippen LogP contribution in [0.25, 0.3) is 0 Å². The van der Waals surface area contributed by atoms with Crippen LogP contribution in [0.1, 0.15) is 53.4 Å². The van der Waals surface area contributed by atoms with E-state index in [-0.39, 0.29) is 0 Å². The van der Waals surface area contributed by atoms with Crippen LogP contribution in [0.3, 0.4) is 0 Å². The van der Waals surface area contributed by atoms with E-state index in [0.717, 1.165) is 0 Å². The Labute approximate surface area is 71.4 Å². The zero-order valence-electron chi connectivity index (χ0n) is 8.48. The summed E-state index contributed by atoms with van der Waals surface area (Å²) in [7, 11) is 0. The molecule has 0 aliphatic carbocycles. The molecule has 0 rings (SSSR count). The van der Waals surface area contributed by atoms with Crippen molar-refractivity contribution >= 4 is 0 Å². The second kappa shape index (κ2) is 4.76. The summed E-state index contributed by atoms with van der Waals surface area (Å²) in [6, 6.07) is 0.332. The van der Waals surface area contributed by atoms with Crippen LogP contribution >= 0.6 is 0 Å². The van der Waals surface area contributed by atoms with Crippen LogP contribution in [0.4, 0.5) is 0 Å². The van der Waals surface area contributed by atoms with Gasteiger partial charge in [0.1, 0.15) is 0 Å². The predicted molar refractivity (Wildman–Crippen MR) is 51.6 cm³/mol. The van der Waals surface area contributed by atoms with Crippen LogP contribution in [0.15, 0.2) is 0 Å². The summed E-state index contributed by atoms with van der Waals surface area (Å²) in [6.45, 7) is 8.89. The molecule has 0 amide bonds. The van der Waals surface area contributed by atoms with E-state index in [4.69, 9.17) is 5.73 Å². The van der Waals surface area contributed by atoms with Gasteiger partial charge in [0, 0.05) is 6.04 Å². The molecule has 1 nitrogen and oxygen atoms in total. The summed E-state index contributed by atoms with van der Waals surface area (Å²) in [4.78, 5) is 0. The van der Waals surface area contributed by atoms with Crippen LogP contribution in [-0.2, 0) is 0 Å². The quantitative estimate of drug-likeness (QED) is 0.652. The summed E-state index contributed by atoms with van der Waals surface area (Å²) >= 11 is 0. The van der Waals surface area contributed by atoms with Gasteiger partial charge < -0.3 is 5.73 Å². The molecule has 0 aromatic heterocycles. The van der Waals surface area contributed by atoms with Crippen LogP contribution in [0.5, 0.6) is 0 Å². The van der Waals surface area contributed by atoms with Crippen molar-refractivity contribution in [3.8, 4) is 0 Å². The fourth-order valence-electron chi connectivity index (χ4n) is 1.31. The third kappa shape index (κ3) is 3.24. The summed E-state index contributed by atoms with van der Waals surface area (Å²) in [5.74, 6) is 0. The summed E-state index contributed by atoms with van der Waals surface area (Å²) in [6.07, 6.45) is 5.07. The molecule has 2 unspecified atom stereocenters. The van der Waals surface area contributed by atoms with Crippen LogP contribution in [0.2, 0.25) is 0 Å². The third-order valence-corrected chi connectivity index (χ3v) is 3.01. The van der Waals surface area contributed by atoms with Gasteiger partial charge in [0.15, 0.2) is 0 Å². The van der Waals surface area contributed by atoms with E-state index < -0.39 is 0 Å². The van der Waals surface area contributed by atoms with E-state index in [1.54, 1.807) is 0 Å². The zero-order chi connectivity index (χ0) is 8.91. The van der Waals surface area contributed by atoms with Gasteiger partial charge in [-0.1, -0.05) is 33.6 Å². The van der Waals surface area contributed by atoms with Gasteiger partial charge in [-0.25, -0.2) is 0 Å². The Morgan fingerprint density at radius 2 is 1.91 bits per heavy atom. The molecule has 0 fully saturated rings. The van der Waals surface area contributed by atoms with Crippen molar-refractivity contribution in [2.45, 2.75) is 59.4 Å². The van der Waals surface area contributed by atoms with Crippen LogP contribution in [-0.4, -0.2) is 6.04 Å². The lowest BCUT2D eigenvalue weighted by molar-refractivity contribution is 0.227. The van der Waals surface area contributed by atoms with Gasteiger partial charge >= 0.3 is 0 Å². The molecule has 0 saturated carbocycles. The molecule has 2 N–H and O–H groups in total. The molecule has 0 saturated heterocycles. The predicted octanol–water partition coefficient (Wildman–Crippen LogP) is 2.94. The van der Waals surface area contributed by atoms with Crippen molar-refractivity contribution in [3.63, 3.8) is 0 Å². The van der Waals surface area contributed by atoms with E-state index in [1.165, 1.54) is 25.7 Å². The molecule has 0 aromatic carbocycles. The standard InChI is InChI=1S/C10H23N/c1-5-7-8-10(4,6-2)9(3)11/h9H,5-8,11H2,1-4H3. The van der Waals surface area contributed by atoms with Gasteiger partial charge in [-0.2, -0.15) is 0 Å². The maximum Gasteiger partial charge on any atom is 0.00642 e. The molecule has 0 radical (unpaired) electrons. The fraction of sp³-hybridized carbons (Fsp3) is 1.00. The molecule has 0 spiro atoms. The number of hydrogen-bond acceptors (Lipinski definition) is 1. The Hall–Kier alpha value is -0.0400. The molecular formula is C10H23N. The Balaban J connectivity index is 3.88. The smallest absolute Gasteiger partial charge is 0.00642 e. The first-order valence-electron chi connectivity index (χ1n) is 4.82. The topological polar surface area (TPSA) is 26.0 Å². The van der Waals surface area contributed by atoms with Crippen LogP contribution < -0.4 is 5.73 Å². The Morgan fingerprint density at radius 1 is 1.36 bits per heavy atom. The maximum absolute atomic E-state index is 5.92. The molecule has 0 bridgehead atoms. The largest absolute Gasteiger partial charge is 0.327 e. The molecule has 11 heavy (non-hydrogen) atoms. The fourth-order valence-corrected chi connectivity index (χ4v) is 1.31. The highest BCUT2D eigenvalue weighted by Crippen LogP contribution is 2.30. The Morgan fingerprint density at radius 3 is 2.18 bits per heavy atom. The minimum absolute atomic E-state index is 0.332. The second-order valence-electron chi connectivity index (χ2n) is 3.90. The molecule has 2 atom stereocenters. The minimum atomic E-state index is 0.332. The Bertz CT molecular complexity index is 99.0. The first-order chi connectivity index (χ1) is 5.06. The summed E-state index contributed by atoms with van der Waals surface area (Å²) < 4.78 is 0. The van der Waals surface area contributed by atoms with E-state index in [0.29, 0.717) is 11.5 Å². The minimum Gasteiger partial charge on any atom is -0.327 e. The molecule has 0 aliphatic rings. The van der Waals surface area contributed by atoms with E-state index in [2.05, 4.69) is 27.7 Å². The van der Waals surface area contributed by atoms with E-state index in [1.807, 2.05) is 0 Å². The van der Waals surface area contributed by atoms with Crippen molar-refractivity contribution in [3.05, 3.63) is 0 Å². The van der Waals surface area contributed by atoms with Crippen LogP contribution in [0, 0.1) is 5.41 Å². The highest BCUT2D eigenvalue weighted by Gasteiger charge is 2.25. The van der Waals surface area contributed by atoms with Crippen molar-refractivity contribution < 1.29 is 0 Å². The SMILES string of the molecule is CCCCC(C)(CC)C(C)N. The average Bonchev–Trinajstić information content (AvgIpc) is 2.00. The molecule has 0 aromatic rings. The molecular weight excluding hydrogens is 134 g/mol. The van der Waals surface area contributed by atoms with Gasteiger partial charge in [-0.15, -0.1) is 0 Å². The van der Waals surface area contributed by atoms with Gasteiger partial charge in [0.05, 0.1) is 0 Å². The number of rotatable bonds is 5. The van der Waals surface area contributed by atoms with E-state index >= 15 is 0 Å². The molecule has 0 heterocycles. The molecule has 0 aliphatic heterocycles. The maximum atomic E-state index is 5.92. The van der Waals surface area contributed by atoms with E-state index in [9.17, 15) is 0 Å². The van der Waals surface area contributed by atoms with Crippen molar-refractivity contribution in [1.29, 1.82) is 0 Å². The molecule has 68 valence electrons. The second-order valence-corrected chi connectivity index (χ2v) is 3.90. The van der Waals surface area contributed by atoms with Crippen molar-refractivity contribution in [2.75, 3.05) is 0 Å². The number of hydrogen-bond donors (Lipinski definition) is 1. The van der Waals surface area contributed by atoms with Crippen molar-refractivity contribution in [2.24, 2.45) is 11.1 Å². The first-order valence-corrected chi connectivity index (χ1v) is 4.82. The lowest BCUT2D eigenvalue weighted by Gasteiger charge is -2.32. The normalized spacial score (nSPS) is 19.4. The number of nitrogens with two attached hydrogens (primary N) is 1. The highest BCUT2D eigenvalue weighted by molar-refractivity contribution is 4.80. The monoisotopic (exact) mass is 157 g/mol. The molecule has 1 heteroatoms. The van der Waals surface area contributed by atoms with Gasteiger partial charge in [-0.3, -0.25) is 0 Å². The van der Waals surface area contributed by atoms with Gasteiger partial charge in [0.25, 0.3) is 0 Å². The Kier molecular flexibility index (Phi) is 4.74. The zero-order valence-corrected chi connectivity index (χ0v) is 8.48. The van der Waals surface area contributed by atoms with Gasteiger partial charge in [0.2, 0.25) is 0 Å². The number of unbranched alkanes of at least 4 members (excludes halogenated alkanes) is 1. The van der Waals surface area contributed by atoms with Gasteiger partial charge in [-0.05, 0) is 25.2 Å².